The number of Topliss-reactive ketones (excluding diaryl/α,β-unsaturated/α-hetero) is 1. The van der Waals surface area contributed by atoms with Crippen LogP contribution in [-0.4, -0.2) is 50.9 Å². The van der Waals surface area contributed by atoms with Gasteiger partial charge in [-0.15, -0.1) is 0 Å². The van der Waals surface area contributed by atoms with Crippen molar-refractivity contribution in [3.05, 3.63) is 54.0 Å². The van der Waals surface area contributed by atoms with E-state index in [4.69, 9.17) is 15.4 Å². The number of pyridine rings is 1. The molecule has 181 valence electrons. The molecule has 35 heavy (non-hydrogen) atoms. The zero-order chi connectivity index (χ0) is 24.9. The first-order valence-electron chi connectivity index (χ1n) is 12.1. The maximum atomic E-state index is 12.7. The third-order valence-corrected chi connectivity index (χ3v) is 6.30. The van der Waals surface area contributed by atoms with Gasteiger partial charge < -0.3 is 15.2 Å². The van der Waals surface area contributed by atoms with Crippen molar-refractivity contribution in [1.82, 2.24) is 24.4 Å². The van der Waals surface area contributed by atoms with Crippen LogP contribution in [0.25, 0.3) is 27.7 Å². The van der Waals surface area contributed by atoms with Crippen molar-refractivity contribution < 1.29 is 9.45 Å². The molecule has 0 bridgehead atoms. The molecule has 0 aliphatic heterocycles. The summed E-state index contributed by atoms with van der Waals surface area (Å²) in [5.41, 5.74) is 10.7. The highest BCUT2D eigenvalue weighted by Crippen LogP contribution is 2.30. The standard InChI is InChI=1S/C26H32BN6O2/c1-5-9-20(10-6-2)32(27-35-4)16-23-24(17(3)34)25(28)33-26(31-23)21(15-30-33)19-13-18-11-7-8-12-22(18)29-14-19/h7-8,11-15,20H,5-6,9-10,16,28H2,1-4H3. The summed E-state index contributed by atoms with van der Waals surface area (Å²) >= 11 is 0. The Hall–Kier alpha value is -3.30. The molecule has 0 fully saturated rings. The molecule has 0 spiro atoms. The van der Waals surface area contributed by atoms with Crippen LogP contribution in [0, 0.1) is 0 Å². The molecule has 0 amide bonds. The topological polar surface area (TPSA) is 98.6 Å². The van der Waals surface area contributed by atoms with Gasteiger partial charge in [0.05, 0.1) is 23.0 Å². The Bertz CT molecular complexity index is 1330. The van der Waals surface area contributed by atoms with E-state index in [-0.39, 0.29) is 17.6 Å². The van der Waals surface area contributed by atoms with Crippen molar-refractivity contribution >= 4 is 35.8 Å². The van der Waals surface area contributed by atoms with Crippen LogP contribution in [0.1, 0.15) is 62.5 Å². The van der Waals surface area contributed by atoms with Gasteiger partial charge in [-0.2, -0.15) is 9.61 Å². The molecule has 1 radical (unpaired) electrons. The van der Waals surface area contributed by atoms with Gasteiger partial charge in [-0.3, -0.25) is 9.78 Å². The fraction of sp³-hybridized carbons (Fsp3) is 0.385. The highest BCUT2D eigenvalue weighted by atomic mass is 16.4. The number of nitrogens with two attached hydrogens (primary N) is 1. The first-order valence-corrected chi connectivity index (χ1v) is 12.1. The number of nitrogen functional groups attached to an aromatic ring is 1. The number of benzene rings is 1. The van der Waals surface area contributed by atoms with E-state index < -0.39 is 0 Å². The Morgan fingerprint density at radius 1 is 1.20 bits per heavy atom. The van der Waals surface area contributed by atoms with Gasteiger partial charge in [-0.25, -0.2) is 4.98 Å². The fourth-order valence-electron chi connectivity index (χ4n) is 4.69. The molecule has 0 unspecified atom stereocenters. The Labute approximate surface area is 206 Å². The molecule has 0 saturated heterocycles. The van der Waals surface area contributed by atoms with Gasteiger partial charge in [0, 0.05) is 42.4 Å². The Balaban J connectivity index is 1.84. The second kappa shape index (κ2) is 11.0. The number of hydrogen-bond acceptors (Lipinski definition) is 7. The maximum Gasteiger partial charge on any atom is 0.399 e. The number of anilines is 1. The van der Waals surface area contributed by atoms with Crippen LogP contribution in [0.5, 0.6) is 0 Å². The van der Waals surface area contributed by atoms with Crippen molar-refractivity contribution in [3.8, 4) is 11.1 Å². The van der Waals surface area contributed by atoms with E-state index in [0.717, 1.165) is 47.7 Å². The molecule has 2 N–H and O–H groups in total. The van der Waals surface area contributed by atoms with Gasteiger partial charge in [0.2, 0.25) is 0 Å². The molecule has 0 aliphatic rings. The van der Waals surface area contributed by atoms with Gasteiger partial charge in [0.25, 0.3) is 0 Å². The lowest BCUT2D eigenvalue weighted by Crippen LogP contribution is -2.39. The predicted octanol–water partition coefficient (Wildman–Crippen LogP) is 4.68. The second-order valence-electron chi connectivity index (χ2n) is 8.83. The zero-order valence-electron chi connectivity index (χ0n) is 20.9. The van der Waals surface area contributed by atoms with Crippen LogP contribution in [-0.2, 0) is 11.2 Å². The van der Waals surface area contributed by atoms with E-state index in [1.165, 1.54) is 6.92 Å². The van der Waals surface area contributed by atoms with Gasteiger partial charge in [-0.1, -0.05) is 44.9 Å². The highest BCUT2D eigenvalue weighted by Gasteiger charge is 2.25. The minimum Gasteiger partial charge on any atom is -0.427 e. The predicted molar refractivity (Wildman–Crippen MR) is 140 cm³/mol. The van der Waals surface area contributed by atoms with Crippen LogP contribution >= 0.6 is 0 Å². The zero-order valence-corrected chi connectivity index (χ0v) is 20.9. The first kappa shape index (κ1) is 24.8. The molecular weight excluding hydrogens is 439 g/mol. The van der Waals surface area contributed by atoms with E-state index in [1.807, 2.05) is 30.5 Å². The number of hydrogen-bond donors (Lipinski definition) is 1. The summed E-state index contributed by atoms with van der Waals surface area (Å²) in [4.78, 5) is 24.4. The number of carbonyl (C=O) groups excluding carboxylic acids is 1. The molecule has 1 aromatic carbocycles. The Morgan fingerprint density at radius 3 is 2.63 bits per heavy atom. The molecule has 3 heterocycles. The molecule has 8 nitrogen and oxygen atoms in total. The van der Waals surface area contributed by atoms with Gasteiger partial charge in [-0.05, 0) is 31.9 Å². The number of carbonyl (C=O) groups is 1. The Morgan fingerprint density at radius 2 is 1.94 bits per heavy atom. The minimum atomic E-state index is -0.142. The molecule has 3 aromatic heterocycles. The van der Waals surface area contributed by atoms with E-state index >= 15 is 0 Å². The summed E-state index contributed by atoms with van der Waals surface area (Å²) in [6.45, 7) is 6.27. The van der Waals surface area contributed by atoms with Crippen molar-refractivity contribution in [1.29, 1.82) is 0 Å². The number of ketones is 1. The number of para-hydroxylation sites is 1. The molecule has 4 aromatic rings. The van der Waals surface area contributed by atoms with Crippen LogP contribution in [0.4, 0.5) is 5.82 Å². The molecule has 0 aliphatic carbocycles. The quantitative estimate of drug-likeness (QED) is 0.251. The average molecular weight is 471 g/mol. The number of aromatic nitrogens is 4. The maximum absolute atomic E-state index is 12.7. The highest BCUT2D eigenvalue weighted by molar-refractivity contribution is 6.23. The largest absolute Gasteiger partial charge is 0.427 e. The van der Waals surface area contributed by atoms with Crippen molar-refractivity contribution in [3.63, 3.8) is 0 Å². The second-order valence-corrected chi connectivity index (χ2v) is 8.83. The van der Waals surface area contributed by atoms with E-state index in [0.29, 0.717) is 23.4 Å². The minimum absolute atomic E-state index is 0.142. The Kier molecular flexibility index (Phi) is 7.78. The van der Waals surface area contributed by atoms with Crippen LogP contribution in [0.2, 0.25) is 0 Å². The van der Waals surface area contributed by atoms with E-state index in [9.17, 15) is 4.79 Å². The third kappa shape index (κ3) is 5.06. The van der Waals surface area contributed by atoms with Crippen LogP contribution < -0.4 is 5.73 Å². The molecule has 4 rings (SSSR count). The summed E-state index contributed by atoms with van der Waals surface area (Å²) in [6.07, 6.45) is 7.68. The monoisotopic (exact) mass is 471 g/mol. The summed E-state index contributed by atoms with van der Waals surface area (Å²) in [7, 11) is 3.37. The van der Waals surface area contributed by atoms with E-state index in [1.54, 1.807) is 25.4 Å². The summed E-state index contributed by atoms with van der Waals surface area (Å²) in [6, 6.07) is 10.3. The third-order valence-electron chi connectivity index (χ3n) is 6.30. The van der Waals surface area contributed by atoms with Gasteiger partial charge >= 0.3 is 7.62 Å². The summed E-state index contributed by atoms with van der Waals surface area (Å²) < 4.78 is 6.96. The van der Waals surface area contributed by atoms with Crippen LogP contribution in [0.15, 0.2) is 42.7 Å². The average Bonchev–Trinajstić information content (AvgIpc) is 3.27. The van der Waals surface area contributed by atoms with Crippen molar-refractivity contribution in [2.24, 2.45) is 0 Å². The smallest absolute Gasteiger partial charge is 0.399 e. The molecule has 0 atom stereocenters. The van der Waals surface area contributed by atoms with E-state index in [2.05, 4.69) is 34.8 Å². The normalized spacial score (nSPS) is 11.7. The van der Waals surface area contributed by atoms with Gasteiger partial charge in [0.1, 0.15) is 5.82 Å². The molecule has 9 heteroatoms. The van der Waals surface area contributed by atoms with Gasteiger partial charge in [0.15, 0.2) is 11.4 Å². The first-order chi connectivity index (χ1) is 17.0. The number of rotatable bonds is 11. The number of nitrogens with zero attached hydrogens (tertiary/aromatic N) is 5. The molecular formula is C26H32BN6O2. The lowest BCUT2D eigenvalue weighted by Gasteiger charge is -2.30. The summed E-state index contributed by atoms with van der Waals surface area (Å²) in [5, 5.41) is 5.50. The fourth-order valence-corrected chi connectivity index (χ4v) is 4.69. The van der Waals surface area contributed by atoms with Crippen molar-refractivity contribution in [2.75, 3.05) is 12.8 Å². The lowest BCUT2D eigenvalue weighted by molar-refractivity contribution is 0.101. The van der Waals surface area contributed by atoms with Crippen molar-refractivity contribution in [2.45, 2.75) is 59.0 Å². The SMILES string of the molecule is CCCC(CCC)N([B]OC)Cc1nc2c(-c3cnc4ccccc4c3)cnn2c(N)c1C(C)=O. The summed E-state index contributed by atoms with van der Waals surface area (Å²) in [5.74, 6) is 0.147. The number of fused-ring (bicyclic) bond motifs is 2. The van der Waals surface area contributed by atoms with Crippen LogP contribution in [0.3, 0.4) is 0 Å². The molecule has 0 saturated carbocycles. The lowest BCUT2D eigenvalue weighted by atomic mass is 9.97.